The minimum absolute atomic E-state index is 0.169. The van der Waals surface area contributed by atoms with Gasteiger partial charge in [-0.05, 0) is 62.7 Å². The smallest absolute Gasteiger partial charge is 0.222 e. The molecule has 0 aromatic heterocycles. The molecule has 0 spiro atoms. The summed E-state index contributed by atoms with van der Waals surface area (Å²) in [6.07, 6.45) is 16.2. The Morgan fingerprint density at radius 1 is 1.23 bits per heavy atom. The van der Waals surface area contributed by atoms with E-state index in [0.29, 0.717) is 37.4 Å². The molecule has 1 saturated heterocycles. The van der Waals surface area contributed by atoms with E-state index < -0.39 is 0 Å². The van der Waals surface area contributed by atoms with E-state index in [9.17, 15) is 15.0 Å². The van der Waals surface area contributed by atoms with Crippen LogP contribution in [-0.4, -0.2) is 59.5 Å². The topological polar surface area (TPSA) is 70.0 Å². The highest BCUT2D eigenvalue weighted by Crippen LogP contribution is 2.48. The molecule has 3 fully saturated rings. The third kappa shape index (κ3) is 5.35. The van der Waals surface area contributed by atoms with Gasteiger partial charge in [0.1, 0.15) is 0 Å². The van der Waals surface area contributed by atoms with Crippen LogP contribution in [0.15, 0.2) is 23.8 Å². The van der Waals surface area contributed by atoms with Crippen LogP contribution in [-0.2, 0) is 9.53 Å². The molecule has 5 heteroatoms. The summed E-state index contributed by atoms with van der Waals surface area (Å²) in [4.78, 5) is 14.2. The standard InChI is InChI=1S/C25H39NO4/c27-23(19-6-2-3-7-19)10-9-21-22-16-18(15-20(22)17-24(21)28)5-1-4-8-25(29)26-11-13-30-14-12-26/h9-10,15,19-24,27-28H,1-8,11-14,16-17H2/b10-9+/t20-,21+,22-,23+,24+/m0/s1. The van der Waals surface area contributed by atoms with Crippen molar-refractivity contribution >= 4 is 5.91 Å². The summed E-state index contributed by atoms with van der Waals surface area (Å²) in [5, 5.41) is 21.0. The van der Waals surface area contributed by atoms with Gasteiger partial charge in [-0.3, -0.25) is 4.79 Å². The van der Waals surface area contributed by atoms with Crippen LogP contribution in [0.4, 0.5) is 0 Å². The summed E-state index contributed by atoms with van der Waals surface area (Å²) in [5.41, 5.74) is 1.51. The first-order valence-corrected chi connectivity index (χ1v) is 12.2. The fourth-order valence-corrected chi connectivity index (χ4v) is 6.09. The average molecular weight is 418 g/mol. The van der Waals surface area contributed by atoms with Gasteiger partial charge in [0.2, 0.25) is 5.91 Å². The minimum atomic E-state index is -0.350. The Kier molecular flexibility index (Phi) is 7.66. The van der Waals surface area contributed by atoms with Crippen molar-refractivity contribution in [3.05, 3.63) is 23.8 Å². The number of allylic oxidation sites excluding steroid dienone is 2. The quantitative estimate of drug-likeness (QED) is 0.469. The van der Waals surface area contributed by atoms with Crippen LogP contribution in [0.2, 0.25) is 0 Å². The van der Waals surface area contributed by atoms with Gasteiger partial charge in [0.25, 0.3) is 0 Å². The van der Waals surface area contributed by atoms with Gasteiger partial charge in [0.15, 0.2) is 0 Å². The van der Waals surface area contributed by atoms with Crippen LogP contribution >= 0.6 is 0 Å². The van der Waals surface area contributed by atoms with Crippen LogP contribution < -0.4 is 0 Å². The molecule has 2 saturated carbocycles. The number of fused-ring (bicyclic) bond motifs is 1. The molecule has 5 nitrogen and oxygen atoms in total. The second-order valence-corrected chi connectivity index (χ2v) is 9.86. The van der Waals surface area contributed by atoms with Gasteiger partial charge in [0, 0.05) is 25.4 Å². The molecule has 0 unspecified atom stereocenters. The Hall–Kier alpha value is -1.17. The Labute approximate surface area is 181 Å². The summed E-state index contributed by atoms with van der Waals surface area (Å²) in [6.45, 7) is 2.81. The van der Waals surface area contributed by atoms with Gasteiger partial charge < -0.3 is 19.8 Å². The van der Waals surface area contributed by atoms with Gasteiger partial charge in [-0.25, -0.2) is 0 Å². The number of morpholine rings is 1. The number of rotatable bonds is 8. The maximum atomic E-state index is 12.3. The van der Waals surface area contributed by atoms with Gasteiger partial charge in [0.05, 0.1) is 25.4 Å². The first-order chi connectivity index (χ1) is 14.6. The lowest BCUT2D eigenvalue weighted by Crippen LogP contribution is -2.40. The van der Waals surface area contributed by atoms with E-state index in [4.69, 9.17) is 4.74 Å². The van der Waals surface area contributed by atoms with Crippen LogP contribution in [0.25, 0.3) is 0 Å². The number of carbonyl (C=O) groups is 1. The van der Waals surface area contributed by atoms with Crippen LogP contribution in [0, 0.1) is 23.7 Å². The number of hydrogen-bond donors (Lipinski definition) is 2. The van der Waals surface area contributed by atoms with Crippen LogP contribution in [0.5, 0.6) is 0 Å². The molecule has 1 amide bonds. The molecule has 30 heavy (non-hydrogen) atoms. The average Bonchev–Trinajstić information content (AvgIpc) is 3.47. The SMILES string of the molecule is O=C(CCCCC1=C[C@H]2C[C@@H](O)[C@H](/C=C/[C@@H](O)C3CCCC3)[C@H]2C1)N1CCOCC1. The lowest BCUT2D eigenvalue weighted by molar-refractivity contribution is -0.135. The summed E-state index contributed by atoms with van der Waals surface area (Å²) in [6, 6.07) is 0. The van der Waals surface area contributed by atoms with E-state index in [1.54, 1.807) is 0 Å². The van der Waals surface area contributed by atoms with Crippen molar-refractivity contribution in [1.82, 2.24) is 4.90 Å². The van der Waals surface area contributed by atoms with Gasteiger partial charge >= 0.3 is 0 Å². The fourth-order valence-electron chi connectivity index (χ4n) is 6.09. The molecule has 2 N–H and O–H groups in total. The summed E-state index contributed by atoms with van der Waals surface area (Å²) < 4.78 is 5.31. The molecule has 3 aliphatic carbocycles. The van der Waals surface area contributed by atoms with Gasteiger partial charge in [-0.2, -0.15) is 0 Å². The fraction of sp³-hybridized carbons (Fsp3) is 0.800. The van der Waals surface area contributed by atoms with Crippen LogP contribution in [0.3, 0.4) is 0 Å². The Balaban J connectivity index is 1.19. The molecule has 4 rings (SSSR count). The molecule has 0 bridgehead atoms. The highest BCUT2D eigenvalue weighted by molar-refractivity contribution is 5.76. The number of unbranched alkanes of at least 4 members (excludes halogenated alkanes) is 1. The van der Waals surface area contributed by atoms with E-state index in [2.05, 4.69) is 12.2 Å². The largest absolute Gasteiger partial charge is 0.392 e. The van der Waals surface area contributed by atoms with E-state index in [1.165, 1.54) is 18.4 Å². The predicted molar refractivity (Wildman–Crippen MR) is 117 cm³/mol. The van der Waals surface area contributed by atoms with E-state index in [0.717, 1.165) is 58.0 Å². The first-order valence-electron chi connectivity index (χ1n) is 12.2. The maximum absolute atomic E-state index is 12.3. The molecule has 0 aromatic rings. The van der Waals surface area contributed by atoms with Crippen molar-refractivity contribution in [2.45, 2.75) is 76.4 Å². The number of aliphatic hydroxyl groups is 2. The van der Waals surface area contributed by atoms with Crippen LogP contribution in [0.1, 0.15) is 64.2 Å². The number of carbonyl (C=O) groups excluding carboxylic acids is 1. The normalized spacial score (nSPS) is 33.3. The van der Waals surface area contributed by atoms with Crippen molar-refractivity contribution in [3.8, 4) is 0 Å². The molecule has 1 heterocycles. The summed E-state index contributed by atoms with van der Waals surface area (Å²) in [7, 11) is 0. The third-order valence-corrected chi connectivity index (χ3v) is 7.87. The summed E-state index contributed by atoms with van der Waals surface area (Å²) >= 11 is 0. The number of hydrogen-bond acceptors (Lipinski definition) is 4. The second kappa shape index (κ2) is 10.4. The minimum Gasteiger partial charge on any atom is -0.392 e. The highest BCUT2D eigenvalue weighted by atomic mass is 16.5. The summed E-state index contributed by atoms with van der Waals surface area (Å²) in [5.74, 6) is 1.81. The molecule has 168 valence electrons. The number of nitrogens with zero attached hydrogens (tertiary/aromatic N) is 1. The zero-order valence-electron chi connectivity index (χ0n) is 18.3. The lowest BCUT2D eigenvalue weighted by atomic mass is 9.88. The lowest BCUT2D eigenvalue weighted by Gasteiger charge is -2.26. The molecular weight excluding hydrogens is 378 g/mol. The zero-order valence-corrected chi connectivity index (χ0v) is 18.3. The number of ether oxygens (including phenoxy) is 1. The Bertz CT molecular complexity index is 633. The number of aliphatic hydroxyl groups excluding tert-OH is 2. The molecule has 1 aliphatic heterocycles. The van der Waals surface area contributed by atoms with E-state index in [1.807, 2.05) is 11.0 Å². The Morgan fingerprint density at radius 3 is 2.77 bits per heavy atom. The van der Waals surface area contributed by atoms with E-state index >= 15 is 0 Å². The van der Waals surface area contributed by atoms with Crippen molar-refractivity contribution < 1.29 is 19.7 Å². The van der Waals surface area contributed by atoms with Crippen molar-refractivity contribution in [2.75, 3.05) is 26.3 Å². The number of amides is 1. The second-order valence-electron chi connectivity index (χ2n) is 9.86. The molecular formula is C25H39NO4. The Morgan fingerprint density at radius 2 is 2.00 bits per heavy atom. The molecule has 0 radical (unpaired) electrons. The zero-order chi connectivity index (χ0) is 20.9. The predicted octanol–water partition coefficient (Wildman–Crippen LogP) is 3.46. The molecule has 4 aliphatic rings. The molecule has 0 aromatic carbocycles. The van der Waals surface area contributed by atoms with Gasteiger partial charge in [-0.15, -0.1) is 0 Å². The van der Waals surface area contributed by atoms with Crippen molar-refractivity contribution in [1.29, 1.82) is 0 Å². The van der Waals surface area contributed by atoms with E-state index in [-0.39, 0.29) is 24.0 Å². The first kappa shape index (κ1) is 22.0. The van der Waals surface area contributed by atoms with Gasteiger partial charge in [-0.1, -0.05) is 36.6 Å². The monoisotopic (exact) mass is 417 g/mol. The molecule has 5 atom stereocenters. The third-order valence-electron chi connectivity index (χ3n) is 7.87. The van der Waals surface area contributed by atoms with Crippen molar-refractivity contribution in [2.24, 2.45) is 23.7 Å². The highest BCUT2D eigenvalue weighted by Gasteiger charge is 2.43. The maximum Gasteiger partial charge on any atom is 0.222 e. The van der Waals surface area contributed by atoms with Crippen molar-refractivity contribution in [3.63, 3.8) is 0 Å².